The van der Waals surface area contributed by atoms with Gasteiger partial charge in [0.15, 0.2) is 5.78 Å². The van der Waals surface area contributed by atoms with Gasteiger partial charge in [0.2, 0.25) is 0 Å². The van der Waals surface area contributed by atoms with Crippen molar-refractivity contribution in [1.29, 1.82) is 10.5 Å². The number of nitriles is 2. The average Bonchev–Trinajstić information content (AvgIpc) is 3.09. The number of benzene rings is 1. The van der Waals surface area contributed by atoms with Crippen LogP contribution in [0, 0.1) is 22.7 Å². The van der Waals surface area contributed by atoms with Gasteiger partial charge in [0.1, 0.15) is 17.7 Å². The van der Waals surface area contributed by atoms with E-state index in [2.05, 4.69) is 0 Å². The Morgan fingerprint density at radius 1 is 1.00 bits per heavy atom. The fourth-order valence-corrected chi connectivity index (χ4v) is 4.07. The van der Waals surface area contributed by atoms with E-state index in [1.54, 1.807) is 24.3 Å². The number of ketones is 1. The molecule has 0 fully saturated rings. The SMILES string of the molecule is N#CC(C#N)=C1C(=C2SC=CS2)C(=O)c2ccccc21. The van der Waals surface area contributed by atoms with E-state index in [9.17, 15) is 4.79 Å². The molecule has 1 aromatic carbocycles. The summed E-state index contributed by atoms with van der Waals surface area (Å²) in [5, 5.41) is 22.1. The smallest absolute Gasteiger partial charge is 0.196 e. The van der Waals surface area contributed by atoms with Crippen LogP contribution in [0.4, 0.5) is 0 Å². The summed E-state index contributed by atoms with van der Waals surface area (Å²) in [6.45, 7) is 0. The second-order valence-electron chi connectivity index (χ2n) is 4.02. The summed E-state index contributed by atoms with van der Waals surface area (Å²) in [5.41, 5.74) is 2.16. The van der Waals surface area contributed by atoms with Gasteiger partial charge in [-0.3, -0.25) is 4.79 Å². The summed E-state index contributed by atoms with van der Waals surface area (Å²) >= 11 is 2.89. The Bertz CT molecular complexity index is 778. The third-order valence-corrected chi connectivity index (χ3v) is 5.13. The van der Waals surface area contributed by atoms with E-state index < -0.39 is 0 Å². The maximum atomic E-state index is 12.6. The van der Waals surface area contributed by atoms with Crippen LogP contribution >= 0.6 is 23.5 Å². The van der Waals surface area contributed by atoms with Gasteiger partial charge in [0.25, 0.3) is 0 Å². The molecule has 0 spiro atoms. The summed E-state index contributed by atoms with van der Waals surface area (Å²) in [7, 11) is 0. The number of carbonyl (C=O) groups excluding carboxylic acids is 1. The predicted octanol–water partition coefficient (Wildman–Crippen LogP) is 3.85. The maximum absolute atomic E-state index is 12.6. The van der Waals surface area contributed by atoms with Gasteiger partial charge in [-0.05, 0) is 16.4 Å². The van der Waals surface area contributed by atoms with Crippen LogP contribution in [0.5, 0.6) is 0 Å². The van der Waals surface area contributed by atoms with Crippen LogP contribution in [-0.4, -0.2) is 5.78 Å². The van der Waals surface area contributed by atoms with Crippen molar-refractivity contribution < 1.29 is 4.79 Å². The summed E-state index contributed by atoms with van der Waals surface area (Å²) in [5.74, 6) is -0.114. The van der Waals surface area contributed by atoms with Crippen molar-refractivity contribution in [2.75, 3.05) is 0 Å². The number of hydrogen-bond donors (Lipinski definition) is 0. The number of fused-ring (bicyclic) bond motifs is 1. The highest BCUT2D eigenvalue weighted by molar-refractivity contribution is 8.27. The molecule has 0 bridgehead atoms. The number of Topliss-reactive ketones (excluding diaryl/α,β-unsaturated/α-hetero) is 1. The quantitative estimate of drug-likeness (QED) is 0.537. The zero-order valence-electron chi connectivity index (χ0n) is 10.1. The molecule has 0 amide bonds. The molecule has 3 rings (SSSR count). The van der Waals surface area contributed by atoms with Gasteiger partial charge < -0.3 is 0 Å². The summed E-state index contributed by atoms with van der Waals surface area (Å²) in [6.07, 6.45) is 0. The number of nitrogens with zero attached hydrogens (tertiary/aromatic N) is 2. The van der Waals surface area contributed by atoms with Crippen molar-refractivity contribution >= 4 is 34.9 Å². The van der Waals surface area contributed by atoms with E-state index in [-0.39, 0.29) is 11.4 Å². The molecule has 1 aliphatic heterocycles. The van der Waals surface area contributed by atoms with Crippen LogP contribution in [0.25, 0.3) is 5.57 Å². The Balaban J connectivity index is 2.36. The van der Waals surface area contributed by atoms with Gasteiger partial charge in [0.05, 0.1) is 9.81 Å². The molecular formula is C15H6N2OS2. The van der Waals surface area contributed by atoms with Crippen molar-refractivity contribution in [2.24, 2.45) is 0 Å². The molecular weight excluding hydrogens is 288 g/mol. The minimum atomic E-state index is -0.114. The van der Waals surface area contributed by atoms with Crippen LogP contribution in [0.1, 0.15) is 15.9 Å². The lowest BCUT2D eigenvalue weighted by atomic mass is 10.0. The van der Waals surface area contributed by atoms with Crippen molar-refractivity contribution in [3.63, 3.8) is 0 Å². The van der Waals surface area contributed by atoms with Crippen LogP contribution in [0.3, 0.4) is 0 Å². The third-order valence-electron chi connectivity index (χ3n) is 3.00. The number of allylic oxidation sites excluding steroid dienone is 3. The molecule has 0 aromatic heterocycles. The standard InChI is InChI=1S/C15H6N2OS2/c16-7-9(8-17)12-10-3-1-2-4-11(10)14(18)13(12)15-19-5-6-20-15/h1-6H. The first-order valence-corrected chi connectivity index (χ1v) is 7.45. The maximum Gasteiger partial charge on any atom is 0.196 e. The van der Waals surface area contributed by atoms with Crippen LogP contribution in [0.2, 0.25) is 0 Å². The molecule has 0 unspecified atom stereocenters. The van der Waals surface area contributed by atoms with E-state index in [4.69, 9.17) is 10.5 Å². The highest BCUT2D eigenvalue weighted by Crippen LogP contribution is 2.48. The van der Waals surface area contributed by atoms with Gasteiger partial charge in [-0.1, -0.05) is 47.8 Å². The highest BCUT2D eigenvalue weighted by Gasteiger charge is 2.35. The van der Waals surface area contributed by atoms with E-state index >= 15 is 0 Å². The summed E-state index contributed by atoms with van der Waals surface area (Å²) < 4.78 is 0.823. The van der Waals surface area contributed by atoms with Crippen molar-refractivity contribution in [3.05, 3.63) is 61.6 Å². The first kappa shape index (κ1) is 12.8. The molecule has 0 N–H and O–H groups in total. The van der Waals surface area contributed by atoms with Gasteiger partial charge >= 0.3 is 0 Å². The zero-order chi connectivity index (χ0) is 14.1. The Hall–Kier alpha value is -2.21. The van der Waals surface area contributed by atoms with Crippen LogP contribution in [0.15, 0.2) is 50.5 Å². The van der Waals surface area contributed by atoms with Crippen LogP contribution < -0.4 is 0 Å². The minimum Gasteiger partial charge on any atom is -0.288 e. The van der Waals surface area contributed by atoms with Crippen LogP contribution in [-0.2, 0) is 0 Å². The molecule has 2 aliphatic rings. The van der Waals surface area contributed by atoms with Crippen molar-refractivity contribution in [2.45, 2.75) is 0 Å². The second-order valence-corrected chi connectivity index (χ2v) is 6.11. The summed E-state index contributed by atoms with van der Waals surface area (Å²) in [4.78, 5) is 12.6. The molecule has 1 heterocycles. The molecule has 20 heavy (non-hydrogen) atoms. The Kier molecular flexibility index (Phi) is 3.23. The topological polar surface area (TPSA) is 64.7 Å². The van der Waals surface area contributed by atoms with Gasteiger partial charge in [-0.25, -0.2) is 0 Å². The van der Waals surface area contributed by atoms with Gasteiger partial charge in [-0.2, -0.15) is 10.5 Å². The number of carbonyl (C=O) groups is 1. The monoisotopic (exact) mass is 294 g/mol. The molecule has 0 saturated carbocycles. The van der Waals surface area contributed by atoms with E-state index in [1.165, 1.54) is 23.5 Å². The second kappa shape index (κ2) is 5.05. The molecule has 0 radical (unpaired) electrons. The predicted molar refractivity (Wildman–Crippen MR) is 80.3 cm³/mol. The largest absolute Gasteiger partial charge is 0.288 e. The van der Waals surface area contributed by atoms with Crippen molar-refractivity contribution in [3.8, 4) is 12.1 Å². The van der Waals surface area contributed by atoms with E-state index in [1.807, 2.05) is 23.0 Å². The number of hydrogen-bond acceptors (Lipinski definition) is 5. The molecule has 0 atom stereocenters. The average molecular weight is 294 g/mol. The zero-order valence-corrected chi connectivity index (χ0v) is 11.7. The number of rotatable bonds is 0. The lowest BCUT2D eigenvalue weighted by Crippen LogP contribution is -1.97. The molecule has 3 nitrogen and oxygen atoms in total. The molecule has 5 heteroatoms. The van der Waals surface area contributed by atoms with Gasteiger partial charge in [0, 0.05) is 11.1 Å². The molecule has 0 saturated heterocycles. The molecule has 94 valence electrons. The first-order chi connectivity index (χ1) is 9.77. The van der Waals surface area contributed by atoms with Crippen molar-refractivity contribution in [1.82, 2.24) is 0 Å². The fourth-order valence-electron chi connectivity index (χ4n) is 2.20. The third kappa shape index (κ3) is 1.80. The summed E-state index contributed by atoms with van der Waals surface area (Å²) in [6, 6.07) is 10.9. The highest BCUT2D eigenvalue weighted by atomic mass is 32.2. The Morgan fingerprint density at radius 2 is 1.60 bits per heavy atom. The minimum absolute atomic E-state index is 0.0149. The lowest BCUT2D eigenvalue weighted by Gasteiger charge is -2.04. The Morgan fingerprint density at radius 3 is 2.20 bits per heavy atom. The fraction of sp³-hybridized carbons (Fsp3) is 0. The molecule has 1 aromatic rings. The van der Waals surface area contributed by atoms with Gasteiger partial charge in [-0.15, -0.1) is 0 Å². The number of thioether (sulfide) groups is 2. The van der Waals surface area contributed by atoms with E-state index in [0.717, 1.165) is 4.24 Å². The first-order valence-electron chi connectivity index (χ1n) is 5.69. The normalized spacial score (nSPS) is 16.1. The lowest BCUT2D eigenvalue weighted by molar-refractivity contribution is 0.104. The Labute approximate surface area is 124 Å². The van der Waals surface area contributed by atoms with E-state index in [0.29, 0.717) is 22.3 Å². The molecule has 1 aliphatic carbocycles.